The Morgan fingerprint density at radius 1 is 1.10 bits per heavy atom. The molecule has 1 rings (SSSR count). The van der Waals surface area contributed by atoms with Crippen molar-refractivity contribution < 1.29 is 19.4 Å². The van der Waals surface area contributed by atoms with Crippen LogP contribution in [0, 0.1) is 6.92 Å². The van der Waals surface area contributed by atoms with Crippen molar-refractivity contribution in [2.45, 2.75) is 41.2 Å². The molecule has 0 saturated carbocycles. The number of carbonyl (C=O) groups is 1. The number of hydrogen-bond donors (Lipinski definition) is 2. The number of aliphatic carboxylic acids is 1. The minimum absolute atomic E-state index is 0.0970. The van der Waals surface area contributed by atoms with E-state index in [4.69, 9.17) is 14.6 Å². The van der Waals surface area contributed by atoms with Crippen molar-refractivity contribution in [3.05, 3.63) is 23.3 Å². The lowest BCUT2D eigenvalue weighted by Gasteiger charge is -2.14. The van der Waals surface area contributed by atoms with Crippen LogP contribution in [0.15, 0.2) is 12.1 Å². The van der Waals surface area contributed by atoms with Gasteiger partial charge in [0.1, 0.15) is 11.5 Å². The molecule has 5 heteroatoms. The van der Waals surface area contributed by atoms with Crippen LogP contribution in [0.25, 0.3) is 0 Å². The lowest BCUT2D eigenvalue weighted by Crippen LogP contribution is -2.22. The summed E-state index contributed by atoms with van der Waals surface area (Å²) in [5, 5.41) is 11.4. The third kappa shape index (κ3) is 8.19. The molecule has 1 aromatic carbocycles. The number of hydrogen-bond acceptors (Lipinski definition) is 4. The van der Waals surface area contributed by atoms with Crippen LogP contribution < -0.4 is 14.8 Å². The normalized spacial score (nSPS) is 8.71. The Morgan fingerprint density at radius 3 is 1.86 bits per heavy atom. The molecule has 1 aromatic rings. The van der Waals surface area contributed by atoms with Gasteiger partial charge in [-0.1, -0.05) is 27.7 Å². The monoisotopic (exact) mass is 299 g/mol. The number of rotatable bonds is 6. The third-order valence-electron chi connectivity index (χ3n) is 2.33. The van der Waals surface area contributed by atoms with E-state index in [0.717, 1.165) is 11.1 Å². The molecule has 122 valence electrons. The summed E-state index contributed by atoms with van der Waals surface area (Å²) in [6.07, 6.45) is 0. The van der Waals surface area contributed by atoms with Gasteiger partial charge in [-0.3, -0.25) is 4.79 Å². The highest BCUT2D eigenvalue weighted by atomic mass is 16.5. The van der Waals surface area contributed by atoms with Gasteiger partial charge in [0.05, 0.1) is 20.8 Å². The number of nitrogens with one attached hydrogen (secondary N) is 1. The Labute approximate surface area is 128 Å². The summed E-state index contributed by atoms with van der Waals surface area (Å²) in [6.45, 7) is 10.2. The van der Waals surface area contributed by atoms with E-state index in [0.29, 0.717) is 18.0 Å². The first-order valence-corrected chi connectivity index (χ1v) is 7.22. The average Bonchev–Trinajstić information content (AvgIpc) is 2.51. The van der Waals surface area contributed by atoms with E-state index < -0.39 is 5.97 Å². The minimum atomic E-state index is -0.893. The summed E-state index contributed by atoms with van der Waals surface area (Å²) in [4.78, 5) is 10.4. The lowest BCUT2D eigenvalue weighted by atomic mass is 10.1. The van der Waals surface area contributed by atoms with Crippen LogP contribution in [-0.2, 0) is 11.3 Å². The van der Waals surface area contributed by atoms with E-state index >= 15 is 0 Å². The number of carboxylic acids is 1. The fourth-order valence-electron chi connectivity index (χ4n) is 1.58. The fraction of sp³-hybridized carbons (Fsp3) is 0.562. The predicted molar refractivity (Wildman–Crippen MR) is 86.3 cm³/mol. The maximum absolute atomic E-state index is 10.4. The van der Waals surface area contributed by atoms with Crippen molar-refractivity contribution in [3.63, 3.8) is 0 Å². The number of ether oxygens (including phenoxy) is 2. The fourth-order valence-corrected chi connectivity index (χ4v) is 1.58. The Bertz CT molecular complexity index is 380. The molecule has 0 aromatic heterocycles. The zero-order valence-electron chi connectivity index (χ0n) is 14.2. The SMILES string of the molecule is CC.CC.COc1cc(C)cc(OC)c1CNCC(=O)O. The molecular formula is C16H29NO4. The highest BCUT2D eigenvalue weighted by Crippen LogP contribution is 2.30. The van der Waals surface area contributed by atoms with Crippen LogP contribution in [0.4, 0.5) is 0 Å². The van der Waals surface area contributed by atoms with E-state index in [1.165, 1.54) is 0 Å². The molecule has 0 amide bonds. The van der Waals surface area contributed by atoms with E-state index in [-0.39, 0.29) is 6.54 Å². The largest absolute Gasteiger partial charge is 0.496 e. The Balaban J connectivity index is 0. The summed E-state index contributed by atoms with van der Waals surface area (Å²) in [5.74, 6) is 0.495. The zero-order valence-corrected chi connectivity index (χ0v) is 14.2. The molecule has 0 spiro atoms. The number of benzene rings is 1. The standard InChI is InChI=1S/C12H17NO4.2C2H6/c1-8-4-10(16-2)9(11(5-8)17-3)6-13-7-12(14)15;2*1-2/h4-5,13H,6-7H2,1-3H3,(H,14,15);2*1-2H3. The second kappa shape index (κ2) is 13.2. The molecular weight excluding hydrogens is 270 g/mol. The van der Waals surface area contributed by atoms with Crippen LogP contribution in [0.2, 0.25) is 0 Å². The van der Waals surface area contributed by atoms with Crippen molar-refractivity contribution in [3.8, 4) is 11.5 Å². The summed E-state index contributed by atoms with van der Waals surface area (Å²) < 4.78 is 10.5. The highest BCUT2D eigenvalue weighted by Gasteiger charge is 2.11. The maximum atomic E-state index is 10.4. The van der Waals surface area contributed by atoms with Crippen molar-refractivity contribution in [2.24, 2.45) is 0 Å². The summed E-state index contributed by atoms with van der Waals surface area (Å²) in [6, 6.07) is 3.78. The van der Waals surface area contributed by atoms with E-state index in [1.54, 1.807) is 14.2 Å². The molecule has 0 aliphatic heterocycles. The first-order valence-electron chi connectivity index (χ1n) is 7.22. The summed E-state index contributed by atoms with van der Waals surface area (Å²) >= 11 is 0. The van der Waals surface area contributed by atoms with E-state index in [1.807, 2.05) is 46.8 Å². The third-order valence-corrected chi connectivity index (χ3v) is 2.33. The molecule has 0 radical (unpaired) electrons. The summed E-state index contributed by atoms with van der Waals surface area (Å²) in [5.41, 5.74) is 1.85. The lowest BCUT2D eigenvalue weighted by molar-refractivity contribution is -0.136. The van der Waals surface area contributed by atoms with Crippen molar-refractivity contribution in [2.75, 3.05) is 20.8 Å². The molecule has 0 aliphatic rings. The van der Waals surface area contributed by atoms with Crippen LogP contribution in [0.3, 0.4) is 0 Å². The van der Waals surface area contributed by atoms with Crippen LogP contribution in [-0.4, -0.2) is 31.8 Å². The molecule has 0 aliphatic carbocycles. The van der Waals surface area contributed by atoms with Gasteiger partial charge < -0.3 is 19.9 Å². The quantitative estimate of drug-likeness (QED) is 0.844. The van der Waals surface area contributed by atoms with Crippen LogP contribution in [0.5, 0.6) is 11.5 Å². The van der Waals surface area contributed by atoms with E-state index in [9.17, 15) is 4.79 Å². The molecule has 5 nitrogen and oxygen atoms in total. The Morgan fingerprint density at radius 2 is 1.52 bits per heavy atom. The molecule has 0 saturated heterocycles. The first kappa shape index (κ1) is 21.5. The van der Waals surface area contributed by atoms with Gasteiger partial charge in [0, 0.05) is 12.1 Å². The molecule has 2 N–H and O–H groups in total. The molecule has 0 heterocycles. The Hall–Kier alpha value is -1.75. The molecule has 21 heavy (non-hydrogen) atoms. The maximum Gasteiger partial charge on any atom is 0.317 e. The van der Waals surface area contributed by atoms with Gasteiger partial charge in [-0.2, -0.15) is 0 Å². The van der Waals surface area contributed by atoms with Gasteiger partial charge in [0.2, 0.25) is 0 Å². The van der Waals surface area contributed by atoms with Crippen LogP contribution in [0.1, 0.15) is 38.8 Å². The molecule has 0 atom stereocenters. The smallest absolute Gasteiger partial charge is 0.317 e. The van der Waals surface area contributed by atoms with Gasteiger partial charge >= 0.3 is 5.97 Å². The number of carboxylic acid groups (broad SMARTS) is 1. The Kier molecular flexibility index (Phi) is 13.6. The van der Waals surface area contributed by atoms with Gasteiger partial charge in [0.15, 0.2) is 0 Å². The second-order valence-electron chi connectivity index (χ2n) is 3.65. The average molecular weight is 299 g/mol. The van der Waals surface area contributed by atoms with Gasteiger partial charge in [-0.05, 0) is 24.6 Å². The predicted octanol–water partition coefficient (Wildman–Crippen LogP) is 3.24. The molecule has 0 unspecified atom stereocenters. The molecule has 0 fully saturated rings. The van der Waals surface area contributed by atoms with Crippen molar-refractivity contribution >= 4 is 5.97 Å². The van der Waals surface area contributed by atoms with Crippen molar-refractivity contribution in [1.29, 1.82) is 0 Å². The topological polar surface area (TPSA) is 67.8 Å². The van der Waals surface area contributed by atoms with Gasteiger partial charge in [-0.25, -0.2) is 0 Å². The summed E-state index contributed by atoms with van der Waals surface area (Å²) in [7, 11) is 3.16. The second-order valence-corrected chi connectivity index (χ2v) is 3.65. The van der Waals surface area contributed by atoms with Crippen LogP contribution >= 0.6 is 0 Å². The first-order chi connectivity index (χ1) is 10.1. The van der Waals surface area contributed by atoms with Gasteiger partial charge in [0.25, 0.3) is 0 Å². The van der Waals surface area contributed by atoms with Gasteiger partial charge in [-0.15, -0.1) is 0 Å². The van der Waals surface area contributed by atoms with Crippen molar-refractivity contribution in [1.82, 2.24) is 5.32 Å². The van der Waals surface area contributed by atoms with E-state index in [2.05, 4.69) is 5.32 Å². The highest BCUT2D eigenvalue weighted by molar-refractivity contribution is 5.69. The minimum Gasteiger partial charge on any atom is -0.496 e. The molecule has 0 bridgehead atoms. The zero-order chi connectivity index (χ0) is 16.8. The number of aryl methyl sites for hydroxylation is 1. The number of methoxy groups -OCH3 is 2.